The number of nitrogens with one attached hydrogen (secondary N) is 1. The number of anilines is 1. The van der Waals surface area contributed by atoms with E-state index < -0.39 is 0 Å². The van der Waals surface area contributed by atoms with Gasteiger partial charge in [-0.3, -0.25) is 9.78 Å². The van der Waals surface area contributed by atoms with E-state index in [0.717, 1.165) is 5.56 Å². The summed E-state index contributed by atoms with van der Waals surface area (Å²) in [5.74, 6) is 0.435. The molecule has 0 atom stereocenters. The second-order valence-electron chi connectivity index (χ2n) is 3.00. The van der Waals surface area contributed by atoms with Crippen LogP contribution >= 0.6 is 24.0 Å². The quantitative estimate of drug-likeness (QED) is 0.872. The summed E-state index contributed by atoms with van der Waals surface area (Å²) in [5, 5.41) is 6.17. The molecule has 1 amide bonds. The molecule has 0 saturated heterocycles. The molecular formula is C10H9Cl2N3O2. The minimum absolute atomic E-state index is 0. The molecule has 90 valence electrons. The van der Waals surface area contributed by atoms with Crippen molar-refractivity contribution in [1.82, 2.24) is 10.1 Å². The first kappa shape index (κ1) is 13.5. The van der Waals surface area contributed by atoms with Crippen LogP contribution in [0.15, 0.2) is 35.1 Å². The molecule has 0 aliphatic heterocycles. The molecule has 17 heavy (non-hydrogen) atoms. The summed E-state index contributed by atoms with van der Waals surface area (Å²) >= 11 is 5.35. The molecular weight excluding hydrogens is 265 g/mol. The molecule has 0 aromatic carbocycles. The molecule has 7 heteroatoms. The lowest BCUT2D eigenvalue weighted by atomic mass is 10.2. The largest absolute Gasteiger partial charge is 0.354 e. The van der Waals surface area contributed by atoms with Gasteiger partial charge in [-0.1, -0.05) is 5.16 Å². The monoisotopic (exact) mass is 273 g/mol. The maximum atomic E-state index is 11.0. The van der Waals surface area contributed by atoms with E-state index in [-0.39, 0.29) is 24.2 Å². The Labute approximate surface area is 109 Å². The molecule has 0 saturated carbocycles. The number of alkyl halides is 1. The minimum Gasteiger partial charge on any atom is -0.354 e. The van der Waals surface area contributed by atoms with Crippen molar-refractivity contribution in [3.8, 4) is 11.3 Å². The number of nitrogens with zero attached hydrogens (tertiary/aromatic N) is 2. The number of rotatable bonds is 3. The van der Waals surface area contributed by atoms with Gasteiger partial charge in [0.2, 0.25) is 5.91 Å². The molecule has 0 aliphatic rings. The molecule has 0 radical (unpaired) electrons. The van der Waals surface area contributed by atoms with Crippen molar-refractivity contribution in [2.24, 2.45) is 0 Å². The molecule has 0 bridgehead atoms. The third-order valence-electron chi connectivity index (χ3n) is 1.85. The fourth-order valence-corrected chi connectivity index (χ4v) is 1.22. The predicted molar refractivity (Wildman–Crippen MR) is 66.3 cm³/mol. The number of carbonyl (C=O) groups excluding carboxylic acids is 1. The summed E-state index contributed by atoms with van der Waals surface area (Å²) in [5.41, 5.74) is 0.793. The van der Waals surface area contributed by atoms with Crippen LogP contribution in [-0.4, -0.2) is 21.9 Å². The third-order valence-corrected chi connectivity index (χ3v) is 2.09. The molecule has 2 aromatic rings. The zero-order valence-electron chi connectivity index (χ0n) is 8.59. The molecule has 0 fully saturated rings. The first-order chi connectivity index (χ1) is 7.79. The van der Waals surface area contributed by atoms with E-state index in [1.807, 2.05) is 6.07 Å². The molecule has 2 aromatic heterocycles. The maximum Gasteiger partial charge on any atom is 0.240 e. The van der Waals surface area contributed by atoms with Crippen LogP contribution in [0.1, 0.15) is 0 Å². The first-order valence-corrected chi connectivity index (χ1v) is 5.06. The fraction of sp³-hybridized carbons (Fsp3) is 0.100. The third kappa shape index (κ3) is 3.44. The van der Waals surface area contributed by atoms with Crippen LogP contribution in [0.3, 0.4) is 0 Å². The van der Waals surface area contributed by atoms with Crippen LogP contribution in [0.2, 0.25) is 0 Å². The summed E-state index contributed by atoms with van der Waals surface area (Å²) in [7, 11) is 0. The minimum atomic E-state index is -0.326. The zero-order chi connectivity index (χ0) is 11.4. The number of halogens is 2. The van der Waals surface area contributed by atoms with Crippen molar-refractivity contribution in [3.63, 3.8) is 0 Å². The number of pyridine rings is 1. The van der Waals surface area contributed by atoms with E-state index in [9.17, 15) is 4.79 Å². The number of carbonyl (C=O) groups is 1. The van der Waals surface area contributed by atoms with Gasteiger partial charge in [0.05, 0.1) is 0 Å². The summed E-state index contributed by atoms with van der Waals surface area (Å²) in [6.45, 7) is 0. The first-order valence-electron chi connectivity index (χ1n) is 4.52. The van der Waals surface area contributed by atoms with Gasteiger partial charge in [-0.25, -0.2) is 0 Å². The number of aromatic nitrogens is 2. The molecule has 0 unspecified atom stereocenters. The Bertz CT molecular complexity index is 487. The van der Waals surface area contributed by atoms with Crippen molar-refractivity contribution < 1.29 is 9.32 Å². The van der Waals surface area contributed by atoms with Gasteiger partial charge in [0.15, 0.2) is 11.6 Å². The van der Waals surface area contributed by atoms with E-state index in [1.165, 1.54) is 0 Å². The van der Waals surface area contributed by atoms with Gasteiger partial charge in [0.25, 0.3) is 0 Å². The molecule has 2 rings (SSSR count). The normalized spacial score (nSPS) is 9.47. The Morgan fingerprint density at radius 2 is 2.35 bits per heavy atom. The maximum absolute atomic E-state index is 11.0. The van der Waals surface area contributed by atoms with Crippen LogP contribution in [-0.2, 0) is 4.79 Å². The SMILES string of the molecule is Cl.O=C(CCl)Nc1cc(-c2cccnc2)on1. The van der Waals surface area contributed by atoms with Crippen LogP contribution in [0.5, 0.6) is 0 Å². The van der Waals surface area contributed by atoms with Gasteiger partial charge in [0.1, 0.15) is 5.88 Å². The van der Waals surface area contributed by atoms with Crippen LogP contribution in [0, 0.1) is 0 Å². The average molecular weight is 274 g/mol. The number of hydrogen-bond acceptors (Lipinski definition) is 4. The lowest BCUT2D eigenvalue weighted by molar-refractivity contribution is -0.114. The second kappa shape index (κ2) is 6.22. The van der Waals surface area contributed by atoms with Gasteiger partial charge in [-0.05, 0) is 12.1 Å². The topological polar surface area (TPSA) is 68.0 Å². The second-order valence-corrected chi connectivity index (χ2v) is 3.27. The highest BCUT2D eigenvalue weighted by atomic mass is 35.5. The van der Waals surface area contributed by atoms with Crippen molar-refractivity contribution >= 4 is 35.7 Å². The van der Waals surface area contributed by atoms with E-state index in [0.29, 0.717) is 11.6 Å². The highest BCUT2D eigenvalue weighted by Gasteiger charge is 2.08. The van der Waals surface area contributed by atoms with Crippen molar-refractivity contribution in [2.75, 3.05) is 11.2 Å². The van der Waals surface area contributed by atoms with Crippen LogP contribution in [0.25, 0.3) is 11.3 Å². The van der Waals surface area contributed by atoms with Crippen molar-refractivity contribution in [3.05, 3.63) is 30.6 Å². The highest BCUT2D eigenvalue weighted by molar-refractivity contribution is 6.29. The lowest BCUT2D eigenvalue weighted by Crippen LogP contribution is -2.12. The van der Waals surface area contributed by atoms with Gasteiger partial charge >= 0.3 is 0 Å². The van der Waals surface area contributed by atoms with Crippen LogP contribution in [0.4, 0.5) is 5.82 Å². The van der Waals surface area contributed by atoms with Gasteiger partial charge in [-0.15, -0.1) is 24.0 Å². The van der Waals surface area contributed by atoms with E-state index in [2.05, 4.69) is 15.5 Å². The van der Waals surface area contributed by atoms with E-state index in [1.54, 1.807) is 24.5 Å². The summed E-state index contributed by atoms with van der Waals surface area (Å²) in [6, 6.07) is 5.23. The fourth-order valence-electron chi connectivity index (χ4n) is 1.15. The average Bonchev–Trinajstić information content (AvgIpc) is 2.78. The lowest BCUT2D eigenvalue weighted by Gasteiger charge is -1.93. The van der Waals surface area contributed by atoms with Crippen molar-refractivity contribution in [2.45, 2.75) is 0 Å². The van der Waals surface area contributed by atoms with E-state index >= 15 is 0 Å². The Morgan fingerprint density at radius 3 is 3.00 bits per heavy atom. The smallest absolute Gasteiger partial charge is 0.240 e. The zero-order valence-corrected chi connectivity index (χ0v) is 10.2. The predicted octanol–water partition coefficient (Wildman–Crippen LogP) is 2.34. The van der Waals surface area contributed by atoms with Gasteiger partial charge < -0.3 is 9.84 Å². The molecule has 2 heterocycles. The van der Waals surface area contributed by atoms with E-state index in [4.69, 9.17) is 16.1 Å². The Kier molecular flexibility index (Phi) is 4.93. The highest BCUT2D eigenvalue weighted by Crippen LogP contribution is 2.20. The number of hydrogen-bond donors (Lipinski definition) is 1. The summed E-state index contributed by atoms with van der Waals surface area (Å²) in [6.07, 6.45) is 3.31. The Morgan fingerprint density at radius 1 is 1.53 bits per heavy atom. The molecule has 0 spiro atoms. The molecule has 0 aliphatic carbocycles. The number of amides is 1. The van der Waals surface area contributed by atoms with Crippen LogP contribution < -0.4 is 5.32 Å². The summed E-state index contributed by atoms with van der Waals surface area (Å²) in [4.78, 5) is 14.9. The molecule has 1 N–H and O–H groups in total. The van der Waals surface area contributed by atoms with Gasteiger partial charge in [-0.2, -0.15) is 0 Å². The Balaban J connectivity index is 0.00000144. The Hall–Kier alpha value is -1.59. The van der Waals surface area contributed by atoms with Crippen molar-refractivity contribution in [1.29, 1.82) is 0 Å². The summed E-state index contributed by atoms with van der Waals surface area (Å²) < 4.78 is 5.05. The standard InChI is InChI=1S/C10H8ClN3O2.ClH/c11-5-10(15)13-9-4-8(16-14-9)7-2-1-3-12-6-7;/h1-4,6H,5H2,(H,13,14,15);1H. The van der Waals surface area contributed by atoms with Gasteiger partial charge in [0, 0.05) is 24.0 Å². The molecule has 5 nitrogen and oxygen atoms in total.